The summed E-state index contributed by atoms with van der Waals surface area (Å²) in [6, 6.07) is 12.2. The summed E-state index contributed by atoms with van der Waals surface area (Å²) in [5.74, 6) is -0.424. The molecule has 3 aromatic rings. The minimum absolute atomic E-state index is 0.0320. The quantitative estimate of drug-likeness (QED) is 0.126. The average molecular weight is 544 g/mol. The Labute approximate surface area is 228 Å². The van der Waals surface area contributed by atoms with Gasteiger partial charge in [0.15, 0.2) is 0 Å². The first-order chi connectivity index (χ1) is 18.9. The largest absolute Gasteiger partial charge is 0.395 e. The number of rotatable bonds is 18. The van der Waals surface area contributed by atoms with E-state index in [9.17, 15) is 19.8 Å². The van der Waals surface area contributed by atoms with Crippen LogP contribution in [0.3, 0.4) is 0 Å². The lowest BCUT2D eigenvalue weighted by atomic mass is 10.1. The van der Waals surface area contributed by atoms with Crippen molar-refractivity contribution >= 4 is 45.4 Å². The second-order valence-corrected chi connectivity index (χ2v) is 9.55. The third kappa shape index (κ3) is 8.13. The highest BCUT2D eigenvalue weighted by molar-refractivity contribution is 6.10. The van der Waals surface area contributed by atoms with Gasteiger partial charge in [0.1, 0.15) is 6.29 Å². The minimum atomic E-state index is -0.296. The van der Waals surface area contributed by atoms with Crippen molar-refractivity contribution in [3.05, 3.63) is 36.4 Å². The molecule has 1 atom stereocenters. The number of hydrogen-bond donors (Lipinski definition) is 6. The number of aliphatic hydroxyl groups is 4. The Morgan fingerprint density at radius 2 is 1.41 bits per heavy atom. The fourth-order valence-corrected chi connectivity index (χ4v) is 4.83. The molecule has 6 N–H and O–H groups in total. The number of nitrogens with zero attached hydrogens (tertiary/aromatic N) is 3. The van der Waals surface area contributed by atoms with Crippen LogP contribution in [0.25, 0.3) is 21.8 Å². The van der Waals surface area contributed by atoms with Gasteiger partial charge in [0, 0.05) is 98.4 Å². The van der Waals surface area contributed by atoms with Crippen molar-refractivity contribution in [2.24, 2.45) is 13.0 Å². The Morgan fingerprint density at radius 3 is 1.92 bits per heavy atom. The van der Waals surface area contributed by atoms with Crippen molar-refractivity contribution in [1.82, 2.24) is 14.4 Å². The molecule has 0 spiro atoms. The monoisotopic (exact) mass is 543 g/mol. The van der Waals surface area contributed by atoms with Gasteiger partial charge in [-0.25, -0.2) is 0 Å². The first kappa shape index (κ1) is 30.3. The van der Waals surface area contributed by atoms with E-state index in [2.05, 4.69) is 27.3 Å². The number of aromatic nitrogens is 1. The Kier molecular flexibility index (Phi) is 12.0. The number of aryl methyl sites for hydroxylation is 1. The van der Waals surface area contributed by atoms with Gasteiger partial charge in [0.05, 0.1) is 26.4 Å². The molecular weight excluding hydrogens is 502 g/mol. The fourth-order valence-electron chi connectivity index (χ4n) is 4.83. The van der Waals surface area contributed by atoms with Gasteiger partial charge in [-0.1, -0.05) is 0 Å². The number of nitrogens with one attached hydrogen (secondary N) is 2. The molecule has 1 amide bonds. The van der Waals surface area contributed by atoms with Gasteiger partial charge in [-0.05, 0) is 36.4 Å². The fraction of sp³-hybridized carbons (Fsp3) is 0.500. The van der Waals surface area contributed by atoms with Crippen LogP contribution in [0.1, 0.15) is 6.42 Å². The van der Waals surface area contributed by atoms with Crippen molar-refractivity contribution in [2.75, 3.05) is 82.9 Å². The first-order valence-corrected chi connectivity index (χ1v) is 13.3. The molecule has 2 aromatic carbocycles. The van der Waals surface area contributed by atoms with Crippen molar-refractivity contribution in [3.8, 4) is 0 Å². The van der Waals surface area contributed by atoms with Crippen molar-refractivity contribution < 1.29 is 30.0 Å². The van der Waals surface area contributed by atoms with Crippen molar-refractivity contribution in [2.45, 2.75) is 6.42 Å². The van der Waals surface area contributed by atoms with Crippen LogP contribution in [0.15, 0.2) is 36.4 Å². The standard InChI is InChI=1S/C28H41N5O6/c1-31-26-4-2-22(29-7-6-28(39)33(10-14-36)11-15-37)16-24(26)25-17-23(3-5-27(25)31)30-18-21(20-38)19-32(8-12-34)9-13-35/h2-5,16-17,20-21,29-30,34-37H,6-15,18-19H2,1H3. The summed E-state index contributed by atoms with van der Waals surface area (Å²) in [4.78, 5) is 27.4. The van der Waals surface area contributed by atoms with Crippen LogP contribution in [0.5, 0.6) is 0 Å². The Hall–Kier alpha value is -3.22. The molecule has 0 saturated heterocycles. The van der Waals surface area contributed by atoms with Crippen LogP contribution in [0.2, 0.25) is 0 Å². The number of aldehydes is 1. The molecule has 1 aromatic heterocycles. The summed E-state index contributed by atoms with van der Waals surface area (Å²) >= 11 is 0. The SMILES string of the molecule is Cn1c2ccc(NCCC(=O)N(CCO)CCO)cc2c2cc(NCC(C=O)CN(CCO)CCO)ccc21. The molecule has 0 aliphatic rings. The third-order valence-electron chi connectivity index (χ3n) is 6.85. The molecule has 0 radical (unpaired) electrons. The average Bonchev–Trinajstić information content (AvgIpc) is 3.21. The lowest BCUT2D eigenvalue weighted by Crippen LogP contribution is -2.37. The number of amides is 1. The number of carbonyl (C=O) groups excluding carboxylic acids is 2. The van der Waals surface area contributed by atoms with Crippen LogP contribution < -0.4 is 10.6 Å². The van der Waals surface area contributed by atoms with E-state index in [0.29, 0.717) is 32.7 Å². The topological polar surface area (TPSA) is 151 Å². The number of benzene rings is 2. The maximum atomic E-state index is 12.4. The third-order valence-corrected chi connectivity index (χ3v) is 6.85. The zero-order valence-corrected chi connectivity index (χ0v) is 22.6. The first-order valence-electron chi connectivity index (χ1n) is 13.3. The van der Waals surface area contributed by atoms with Crippen molar-refractivity contribution in [3.63, 3.8) is 0 Å². The van der Waals surface area contributed by atoms with E-state index in [1.807, 2.05) is 36.2 Å². The number of fused-ring (bicyclic) bond motifs is 3. The van der Waals surface area contributed by atoms with E-state index >= 15 is 0 Å². The lowest BCUT2D eigenvalue weighted by Gasteiger charge is -2.23. The molecule has 3 rings (SSSR count). The smallest absolute Gasteiger partial charge is 0.224 e. The highest BCUT2D eigenvalue weighted by Crippen LogP contribution is 2.32. The van der Waals surface area contributed by atoms with Gasteiger partial charge >= 0.3 is 0 Å². The van der Waals surface area contributed by atoms with Crippen LogP contribution in [-0.2, 0) is 16.6 Å². The van der Waals surface area contributed by atoms with Gasteiger partial charge in [0.25, 0.3) is 0 Å². The van der Waals surface area contributed by atoms with E-state index in [1.54, 1.807) is 0 Å². The molecular formula is C28H41N5O6. The molecule has 1 unspecified atom stereocenters. The number of hydrogen-bond acceptors (Lipinski definition) is 9. The van der Waals surface area contributed by atoms with Crippen LogP contribution in [-0.4, -0.2) is 119 Å². The second-order valence-electron chi connectivity index (χ2n) is 9.55. The molecule has 0 fully saturated rings. The van der Waals surface area contributed by atoms with E-state index < -0.39 is 0 Å². The van der Waals surface area contributed by atoms with E-state index in [1.165, 1.54) is 4.90 Å². The molecule has 0 bridgehead atoms. The molecule has 0 saturated carbocycles. The Balaban J connectivity index is 1.71. The summed E-state index contributed by atoms with van der Waals surface area (Å²) in [5, 5.41) is 45.5. The van der Waals surface area contributed by atoms with E-state index in [0.717, 1.165) is 39.5 Å². The maximum absolute atomic E-state index is 12.4. The maximum Gasteiger partial charge on any atom is 0.224 e. The predicted molar refractivity (Wildman–Crippen MR) is 153 cm³/mol. The summed E-state index contributed by atoms with van der Waals surface area (Å²) in [6.45, 7) is 2.16. The number of aliphatic hydroxyl groups excluding tert-OH is 4. The lowest BCUT2D eigenvalue weighted by molar-refractivity contribution is -0.132. The molecule has 1 heterocycles. The number of anilines is 2. The summed E-state index contributed by atoms with van der Waals surface area (Å²) in [6.07, 6.45) is 1.15. The van der Waals surface area contributed by atoms with E-state index in [-0.39, 0.29) is 57.8 Å². The molecule has 39 heavy (non-hydrogen) atoms. The van der Waals surface area contributed by atoms with Gasteiger partial charge in [-0.2, -0.15) is 0 Å². The predicted octanol–water partition coefficient (Wildman–Crippen LogP) is 0.460. The highest BCUT2D eigenvalue weighted by Gasteiger charge is 2.15. The summed E-state index contributed by atoms with van der Waals surface area (Å²) in [5.41, 5.74) is 3.89. The zero-order chi connectivity index (χ0) is 28.2. The van der Waals surface area contributed by atoms with Gasteiger partial charge in [0.2, 0.25) is 5.91 Å². The highest BCUT2D eigenvalue weighted by atomic mass is 16.3. The minimum Gasteiger partial charge on any atom is -0.395 e. The van der Waals surface area contributed by atoms with E-state index in [4.69, 9.17) is 10.2 Å². The number of carbonyl (C=O) groups is 2. The molecule has 0 aliphatic carbocycles. The molecule has 11 nitrogen and oxygen atoms in total. The van der Waals surface area contributed by atoms with Gasteiger partial charge < -0.3 is 45.3 Å². The van der Waals surface area contributed by atoms with Crippen LogP contribution in [0.4, 0.5) is 11.4 Å². The van der Waals surface area contributed by atoms with Crippen LogP contribution in [0, 0.1) is 5.92 Å². The zero-order valence-electron chi connectivity index (χ0n) is 22.6. The normalized spacial score (nSPS) is 12.3. The molecule has 11 heteroatoms. The second kappa shape index (κ2) is 15.4. The van der Waals surface area contributed by atoms with Crippen LogP contribution >= 0.6 is 0 Å². The summed E-state index contributed by atoms with van der Waals surface area (Å²) in [7, 11) is 2.01. The Bertz CT molecular complexity index is 1200. The van der Waals surface area contributed by atoms with Gasteiger partial charge in [-0.3, -0.25) is 9.69 Å². The van der Waals surface area contributed by atoms with Crippen molar-refractivity contribution in [1.29, 1.82) is 0 Å². The van der Waals surface area contributed by atoms with Gasteiger partial charge in [-0.15, -0.1) is 0 Å². The molecule has 0 aliphatic heterocycles. The summed E-state index contributed by atoms with van der Waals surface area (Å²) < 4.78 is 2.12. The Morgan fingerprint density at radius 1 is 0.872 bits per heavy atom. The molecule has 214 valence electrons.